The molecule has 0 aliphatic heterocycles. The average Bonchev–Trinajstić information content (AvgIpc) is 2.90. The van der Waals surface area contributed by atoms with E-state index in [0.29, 0.717) is 12.3 Å². The average molecular weight is 220 g/mol. The summed E-state index contributed by atoms with van der Waals surface area (Å²) in [5, 5.41) is 8.71. The predicted molar refractivity (Wildman–Crippen MR) is 56.4 cm³/mol. The number of hydrogen-bond donors (Lipinski definition) is 2. The number of halogens is 1. The molecule has 4 heteroatoms. The fourth-order valence-electron chi connectivity index (χ4n) is 2.21. The molecule has 82 valence electrons. The van der Waals surface area contributed by atoms with Gasteiger partial charge in [0.15, 0.2) is 0 Å². The van der Waals surface area contributed by atoms with Gasteiger partial charge >= 0.3 is 5.97 Å². The summed E-state index contributed by atoms with van der Waals surface area (Å²) in [6.07, 6.45) is 5.90. The SMILES string of the molecule is Cl.NC(CC(C1CC1)C1CC1)C(=O)O. The summed E-state index contributed by atoms with van der Waals surface area (Å²) < 4.78 is 0. The van der Waals surface area contributed by atoms with Crippen LogP contribution in [0.25, 0.3) is 0 Å². The zero-order chi connectivity index (χ0) is 9.42. The summed E-state index contributed by atoms with van der Waals surface area (Å²) >= 11 is 0. The first-order chi connectivity index (χ1) is 6.18. The van der Waals surface area contributed by atoms with Crippen LogP contribution in [0.3, 0.4) is 0 Å². The van der Waals surface area contributed by atoms with Crippen LogP contribution in [0.5, 0.6) is 0 Å². The molecule has 2 fully saturated rings. The molecule has 2 rings (SSSR count). The minimum atomic E-state index is -0.841. The summed E-state index contributed by atoms with van der Waals surface area (Å²) in [5.41, 5.74) is 5.55. The van der Waals surface area contributed by atoms with E-state index < -0.39 is 12.0 Å². The van der Waals surface area contributed by atoms with Gasteiger partial charge in [0.1, 0.15) is 6.04 Å². The Kier molecular flexibility index (Phi) is 3.78. The number of carboxylic acids is 1. The molecule has 0 aromatic carbocycles. The number of hydrogen-bond acceptors (Lipinski definition) is 2. The highest BCUT2D eigenvalue weighted by molar-refractivity contribution is 5.85. The Labute approximate surface area is 90.5 Å². The Morgan fingerprint density at radius 2 is 1.71 bits per heavy atom. The largest absolute Gasteiger partial charge is 0.480 e. The molecule has 0 spiro atoms. The normalized spacial score (nSPS) is 23.0. The van der Waals surface area contributed by atoms with Crippen LogP contribution in [0.1, 0.15) is 32.1 Å². The van der Waals surface area contributed by atoms with Crippen LogP contribution >= 0.6 is 12.4 Å². The molecule has 0 saturated heterocycles. The van der Waals surface area contributed by atoms with E-state index in [0.717, 1.165) is 11.8 Å². The minimum absolute atomic E-state index is 0. The topological polar surface area (TPSA) is 63.3 Å². The first-order valence-corrected chi connectivity index (χ1v) is 5.17. The highest BCUT2D eigenvalue weighted by atomic mass is 35.5. The van der Waals surface area contributed by atoms with E-state index >= 15 is 0 Å². The predicted octanol–water partition coefficient (Wildman–Crippen LogP) is 1.65. The monoisotopic (exact) mass is 219 g/mol. The van der Waals surface area contributed by atoms with Gasteiger partial charge in [-0.1, -0.05) is 0 Å². The van der Waals surface area contributed by atoms with Gasteiger partial charge in [0.05, 0.1) is 0 Å². The third-order valence-electron chi connectivity index (χ3n) is 3.30. The Hall–Kier alpha value is -0.280. The number of carbonyl (C=O) groups is 1. The lowest BCUT2D eigenvalue weighted by molar-refractivity contribution is -0.139. The van der Waals surface area contributed by atoms with Gasteiger partial charge in [0.25, 0.3) is 0 Å². The van der Waals surface area contributed by atoms with Crippen LogP contribution in [0.4, 0.5) is 0 Å². The summed E-state index contributed by atoms with van der Waals surface area (Å²) in [6, 6.07) is -0.633. The highest BCUT2D eigenvalue weighted by Gasteiger charge is 2.42. The van der Waals surface area contributed by atoms with E-state index in [1.165, 1.54) is 25.7 Å². The lowest BCUT2D eigenvalue weighted by atomic mass is 9.91. The second-order valence-corrected chi connectivity index (χ2v) is 4.52. The van der Waals surface area contributed by atoms with Crippen LogP contribution < -0.4 is 5.73 Å². The van der Waals surface area contributed by atoms with Gasteiger partial charge in [-0.05, 0) is 49.9 Å². The number of nitrogens with two attached hydrogens (primary N) is 1. The van der Waals surface area contributed by atoms with Crippen molar-refractivity contribution >= 4 is 18.4 Å². The molecule has 1 unspecified atom stereocenters. The molecule has 0 aromatic heterocycles. The van der Waals surface area contributed by atoms with Crippen LogP contribution in [0.2, 0.25) is 0 Å². The van der Waals surface area contributed by atoms with E-state index in [1.54, 1.807) is 0 Å². The van der Waals surface area contributed by atoms with Crippen molar-refractivity contribution in [1.82, 2.24) is 0 Å². The van der Waals surface area contributed by atoms with Gasteiger partial charge in [-0.15, -0.1) is 12.4 Å². The summed E-state index contributed by atoms with van der Waals surface area (Å²) in [7, 11) is 0. The van der Waals surface area contributed by atoms with Gasteiger partial charge in [-0.2, -0.15) is 0 Å². The first-order valence-electron chi connectivity index (χ1n) is 5.17. The zero-order valence-corrected chi connectivity index (χ0v) is 9.00. The maximum Gasteiger partial charge on any atom is 0.320 e. The molecule has 2 aliphatic rings. The van der Waals surface area contributed by atoms with Gasteiger partial charge in [-0.25, -0.2) is 0 Å². The second-order valence-electron chi connectivity index (χ2n) is 4.52. The fourth-order valence-corrected chi connectivity index (χ4v) is 2.21. The van der Waals surface area contributed by atoms with Crippen LogP contribution in [0.15, 0.2) is 0 Å². The fraction of sp³-hybridized carbons (Fsp3) is 0.900. The Balaban J connectivity index is 0.000000980. The van der Waals surface area contributed by atoms with Crippen molar-refractivity contribution in [2.45, 2.75) is 38.1 Å². The molecule has 0 amide bonds. The minimum Gasteiger partial charge on any atom is -0.480 e. The molecule has 0 aromatic rings. The molecular weight excluding hydrogens is 202 g/mol. The quantitative estimate of drug-likeness (QED) is 0.739. The summed E-state index contributed by atoms with van der Waals surface area (Å²) in [6.45, 7) is 0. The summed E-state index contributed by atoms with van der Waals surface area (Å²) in [4.78, 5) is 10.6. The molecule has 0 radical (unpaired) electrons. The third-order valence-corrected chi connectivity index (χ3v) is 3.30. The molecule has 0 bridgehead atoms. The standard InChI is InChI=1S/C10H17NO2.ClH/c11-9(10(12)13)5-8(6-1-2-6)7-3-4-7;/h6-9H,1-5,11H2,(H,12,13);1H. The Morgan fingerprint density at radius 1 is 1.29 bits per heavy atom. The van der Waals surface area contributed by atoms with E-state index in [-0.39, 0.29) is 12.4 Å². The van der Waals surface area contributed by atoms with Crippen molar-refractivity contribution in [1.29, 1.82) is 0 Å². The molecule has 0 heterocycles. The molecule has 3 N–H and O–H groups in total. The number of aliphatic carboxylic acids is 1. The number of rotatable bonds is 5. The number of carboxylic acid groups (broad SMARTS) is 1. The van der Waals surface area contributed by atoms with Crippen LogP contribution in [-0.2, 0) is 4.79 Å². The third kappa shape index (κ3) is 2.85. The van der Waals surface area contributed by atoms with E-state index in [2.05, 4.69) is 0 Å². The molecule has 2 aliphatic carbocycles. The first kappa shape index (κ1) is 11.8. The lowest BCUT2D eigenvalue weighted by Crippen LogP contribution is -2.33. The lowest BCUT2D eigenvalue weighted by Gasteiger charge is -2.17. The van der Waals surface area contributed by atoms with Crippen molar-refractivity contribution in [3.8, 4) is 0 Å². The molecule has 1 atom stereocenters. The van der Waals surface area contributed by atoms with Crippen molar-refractivity contribution < 1.29 is 9.90 Å². The van der Waals surface area contributed by atoms with Gasteiger partial charge in [0.2, 0.25) is 0 Å². The summed E-state index contributed by atoms with van der Waals surface area (Å²) in [5.74, 6) is 1.38. The maximum absolute atomic E-state index is 10.6. The molecular formula is C10H18ClNO2. The highest BCUT2D eigenvalue weighted by Crippen LogP contribution is 2.50. The van der Waals surface area contributed by atoms with Gasteiger partial charge in [-0.3, -0.25) is 4.79 Å². The second kappa shape index (κ2) is 4.49. The van der Waals surface area contributed by atoms with Gasteiger partial charge in [0, 0.05) is 0 Å². The van der Waals surface area contributed by atoms with Crippen molar-refractivity contribution in [3.05, 3.63) is 0 Å². The Morgan fingerprint density at radius 3 is 2.00 bits per heavy atom. The van der Waals surface area contributed by atoms with E-state index in [9.17, 15) is 4.79 Å². The Bertz CT molecular complexity index is 202. The molecule has 14 heavy (non-hydrogen) atoms. The van der Waals surface area contributed by atoms with E-state index in [4.69, 9.17) is 10.8 Å². The van der Waals surface area contributed by atoms with Crippen LogP contribution in [0, 0.1) is 17.8 Å². The smallest absolute Gasteiger partial charge is 0.320 e. The zero-order valence-electron chi connectivity index (χ0n) is 8.19. The van der Waals surface area contributed by atoms with E-state index in [1.807, 2.05) is 0 Å². The van der Waals surface area contributed by atoms with Crippen molar-refractivity contribution in [3.63, 3.8) is 0 Å². The van der Waals surface area contributed by atoms with Gasteiger partial charge < -0.3 is 10.8 Å². The molecule has 2 saturated carbocycles. The molecule has 3 nitrogen and oxygen atoms in total. The van der Waals surface area contributed by atoms with Crippen LogP contribution in [-0.4, -0.2) is 17.1 Å². The van der Waals surface area contributed by atoms with Crippen molar-refractivity contribution in [2.24, 2.45) is 23.5 Å². The maximum atomic E-state index is 10.6. The van der Waals surface area contributed by atoms with Crippen molar-refractivity contribution in [2.75, 3.05) is 0 Å².